The van der Waals surface area contributed by atoms with Crippen LogP contribution in [0, 0.1) is 5.82 Å². The van der Waals surface area contributed by atoms with Gasteiger partial charge in [-0.15, -0.1) is 0 Å². The summed E-state index contributed by atoms with van der Waals surface area (Å²) >= 11 is 3.38. The number of hydrogen-bond acceptors (Lipinski definition) is 1. The normalized spacial score (nSPS) is 15.5. The summed E-state index contributed by atoms with van der Waals surface area (Å²) < 4.78 is 14.2. The van der Waals surface area contributed by atoms with E-state index in [0.717, 1.165) is 10.0 Å². The van der Waals surface area contributed by atoms with Gasteiger partial charge in [-0.2, -0.15) is 0 Å². The summed E-state index contributed by atoms with van der Waals surface area (Å²) in [6, 6.07) is 11.9. The largest absolute Gasteiger partial charge is 0.321 e. The highest BCUT2D eigenvalue weighted by atomic mass is 79.9. The second kappa shape index (κ2) is 4.63. The number of anilines is 1. The van der Waals surface area contributed by atoms with E-state index in [1.165, 1.54) is 12.1 Å². The molecule has 4 heteroatoms. The lowest BCUT2D eigenvalue weighted by Gasteiger charge is -1.99. The van der Waals surface area contributed by atoms with E-state index in [9.17, 15) is 9.18 Å². The van der Waals surface area contributed by atoms with Gasteiger partial charge in [0.1, 0.15) is 5.82 Å². The lowest BCUT2D eigenvalue weighted by Crippen LogP contribution is -2.03. The number of fused-ring (bicyclic) bond motifs is 1. The molecule has 2 aromatic rings. The van der Waals surface area contributed by atoms with Crippen LogP contribution in [0.1, 0.15) is 11.1 Å². The molecule has 94 valence electrons. The van der Waals surface area contributed by atoms with Crippen molar-refractivity contribution in [1.82, 2.24) is 0 Å². The quantitative estimate of drug-likeness (QED) is 0.789. The Morgan fingerprint density at radius 1 is 1.16 bits per heavy atom. The first-order valence-electron chi connectivity index (χ1n) is 5.72. The summed E-state index contributed by atoms with van der Waals surface area (Å²) in [5.41, 5.74) is 2.61. The molecule has 0 spiro atoms. The summed E-state index contributed by atoms with van der Waals surface area (Å²) in [6.45, 7) is 0. The predicted octanol–water partition coefficient (Wildman–Crippen LogP) is 4.08. The van der Waals surface area contributed by atoms with Gasteiger partial charge in [0, 0.05) is 21.3 Å². The number of amides is 1. The van der Waals surface area contributed by atoms with Crippen LogP contribution in [0.5, 0.6) is 0 Å². The fourth-order valence-electron chi connectivity index (χ4n) is 2.07. The number of benzene rings is 2. The molecule has 1 aliphatic heterocycles. The molecule has 0 saturated heterocycles. The third kappa shape index (κ3) is 2.31. The molecule has 0 atom stereocenters. The molecule has 1 amide bonds. The Hall–Kier alpha value is -1.94. The van der Waals surface area contributed by atoms with E-state index in [-0.39, 0.29) is 11.7 Å². The molecule has 0 aromatic heterocycles. The minimum atomic E-state index is -0.351. The second-order valence-corrected chi connectivity index (χ2v) is 5.17. The Bertz CT molecular complexity index is 709. The van der Waals surface area contributed by atoms with Gasteiger partial charge in [0.2, 0.25) is 0 Å². The van der Waals surface area contributed by atoms with Gasteiger partial charge >= 0.3 is 0 Å². The minimum absolute atomic E-state index is 0.208. The van der Waals surface area contributed by atoms with Crippen LogP contribution in [0.3, 0.4) is 0 Å². The van der Waals surface area contributed by atoms with Crippen LogP contribution in [0.15, 0.2) is 46.9 Å². The van der Waals surface area contributed by atoms with Crippen molar-refractivity contribution in [1.29, 1.82) is 0 Å². The number of rotatable bonds is 1. The van der Waals surface area contributed by atoms with E-state index in [1.54, 1.807) is 12.1 Å². The van der Waals surface area contributed by atoms with Crippen molar-refractivity contribution in [2.45, 2.75) is 0 Å². The smallest absolute Gasteiger partial charge is 0.256 e. The van der Waals surface area contributed by atoms with Crippen molar-refractivity contribution in [2.75, 3.05) is 5.32 Å². The van der Waals surface area contributed by atoms with Crippen LogP contribution in [0.25, 0.3) is 11.6 Å². The maximum absolute atomic E-state index is 13.3. The SMILES string of the molecule is O=C1Nc2ccc(F)cc2/C1=C\c1cccc(Br)c1. The van der Waals surface area contributed by atoms with Gasteiger partial charge < -0.3 is 5.32 Å². The molecular formula is C15H9BrFNO. The lowest BCUT2D eigenvalue weighted by molar-refractivity contribution is -0.110. The van der Waals surface area contributed by atoms with Gasteiger partial charge in [0.05, 0.1) is 0 Å². The van der Waals surface area contributed by atoms with Crippen molar-refractivity contribution < 1.29 is 9.18 Å². The van der Waals surface area contributed by atoms with Crippen LogP contribution in [0.4, 0.5) is 10.1 Å². The molecule has 0 radical (unpaired) electrons. The van der Waals surface area contributed by atoms with Crippen LogP contribution in [-0.2, 0) is 4.79 Å². The molecule has 0 saturated carbocycles. The number of carbonyl (C=O) groups is 1. The monoisotopic (exact) mass is 317 g/mol. The molecule has 2 aromatic carbocycles. The third-order valence-corrected chi connectivity index (χ3v) is 3.42. The van der Waals surface area contributed by atoms with Gasteiger partial charge in [-0.1, -0.05) is 28.1 Å². The lowest BCUT2D eigenvalue weighted by atomic mass is 10.0. The van der Waals surface area contributed by atoms with Crippen LogP contribution < -0.4 is 5.32 Å². The molecule has 1 N–H and O–H groups in total. The van der Waals surface area contributed by atoms with Gasteiger partial charge in [0.25, 0.3) is 5.91 Å². The van der Waals surface area contributed by atoms with E-state index in [0.29, 0.717) is 16.8 Å². The zero-order valence-corrected chi connectivity index (χ0v) is 11.4. The standard InChI is InChI=1S/C15H9BrFNO/c16-10-3-1-2-9(6-10)7-13-12-8-11(17)4-5-14(12)18-15(13)19/h1-8H,(H,18,19)/b13-7+. The van der Waals surface area contributed by atoms with E-state index in [1.807, 2.05) is 24.3 Å². The topological polar surface area (TPSA) is 29.1 Å². The molecule has 2 nitrogen and oxygen atoms in total. The highest BCUT2D eigenvalue weighted by molar-refractivity contribution is 9.10. The predicted molar refractivity (Wildman–Crippen MR) is 77.0 cm³/mol. The first kappa shape index (κ1) is 12.1. The van der Waals surface area contributed by atoms with E-state index >= 15 is 0 Å². The first-order valence-corrected chi connectivity index (χ1v) is 6.51. The van der Waals surface area contributed by atoms with Crippen molar-refractivity contribution in [3.8, 4) is 0 Å². The minimum Gasteiger partial charge on any atom is -0.321 e. The number of carbonyl (C=O) groups excluding carboxylic acids is 1. The van der Waals surface area contributed by atoms with Crippen molar-refractivity contribution in [3.63, 3.8) is 0 Å². The Kier molecular flexibility index (Phi) is 2.95. The third-order valence-electron chi connectivity index (χ3n) is 2.92. The Morgan fingerprint density at radius 2 is 2.00 bits per heavy atom. The molecule has 0 bridgehead atoms. The molecule has 0 fully saturated rings. The van der Waals surface area contributed by atoms with E-state index in [4.69, 9.17) is 0 Å². The Morgan fingerprint density at radius 3 is 2.79 bits per heavy atom. The molecule has 1 aliphatic rings. The van der Waals surface area contributed by atoms with Gasteiger partial charge in [-0.05, 0) is 42.0 Å². The maximum atomic E-state index is 13.3. The Balaban J connectivity index is 2.11. The number of halogens is 2. The summed E-state index contributed by atoms with van der Waals surface area (Å²) in [5.74, 6) is -0.559. The van der Waals surface area contributed by atoms with Crippen molar-refractivity contribution >= 4 is 39.2 Å². The molecule has 0 unspecified atom stereocenters. The zero-order valence-electron chi connectivity index (χ0n) is 9.78. The van der Waals surface area contributed by atoms with Crippen LogP contribution in [-0.4, -0.2) is 5.91 Å². The van der Waals surface area contributed by atoms with Crippen molar-refractivity contribution in [3.05, 3.63) is 63.9 Å². The molecule has 19 heavy (non-hydrogen) atoms. The van der Waals surface area contributed by atoms with Gasteiger partial charge in [-0.25, -0.2) is 4.39 Å². The van der Waals surface area contributed by atoms with Gasteiger partial charge in [0.15, 0.2) is 0 Å². The molecule has 0 aliphatic carbocycles. The summed E-state index contributed by atoms with van der Waals surface area (Å²) in [7, 11) is 0. The highest BCUT2D eigenvalue weighted by Gasteiger charge is 2.24. The van der Waals surface area contributed by atoms with Crippen LogP contribution >= 0.6 is 15.9 Å². The first-order chi connectivity index (χ1) is 9.13. The van der Waals surface area contributed by atoms with Crippen molar-refractivity contribution in [2.24, 2.45) is 0 Å². The van der Waals surface area contributed by atoms with E-state index < -0.39 is 0 Å². The summed E-state index contributed by atoms with van der Waals surface area (Å²) in [4.78, 5) is 11.9. The van der Waals surface area contributed by atoms with Gasteiger partial charge in [-0.3, -0.25) is 4.79 Å². The fourth-order valence-corrected chi connectivity index (χ4v) is 2.48. The fraction of sp³-hybridized carbons (Fsp3) is 0. The zero-order chi connectivity index (χ0) is 13.4. The average Bonchev–Trinajstić information content (AvgIpc) is 2.66. The molecule has 1 heterocycles. The van der Waals surface area contributed by atoms with E-state index in [2.05, 4.69) is 21.2 Å². The molecular weight excluding hydrogens is 309 g/mol. The number of nitrogens with one attached hydrogen (secondary N) is 1. The Labute approximate surface area is 118 Å². The average molecular weight is 318 g/mol. The number of hydrogen-bond donors (Lipinski definition) is 1. The summed E-state index contributed by atoms with van der Waals surface area (Å²) in [6.07, 6.45) is 1.76. The van der Waals surface area contributed by atoms with Crippen LogP contribution in [0.2, 0.25) is 0 Å². The summed E-state index contributed by atoms with van der Waals surface area (Å²) in [5, 5.41) is 2.72. The maximum Gasteiger partial charge on any atom is 0.256 e. The highest BCUT2D eigenvalue weighted by Crippen LogP contribution is 2.33. The second-order valence-electron chi connectivity index (χ2n) is 4.26. The molecule has 3 rings (SSSR count).